The highest BCUT2D eigenvalue weighted by molar-refractivity contribution is 7.86. The van der Waals surface area contributed by atoms with E-state index in [1.54, 1.807) is 17.8 Å². The third kappa shape index (κ3) is 3.06. The minimum absolute atomic E-state index is 0.0175. The standard InChI is InChI=1S/C22H20FN5OS/c1-25-22-10-21(14-2-3-15(11-24)20(23)8-14)28(26-22)17-6-4-16(5-7-17)27-12-19-9-18(27)13-30(19)29/h2-8,10,18-19H,9,12-13H2,1H3,(H,25,26). The summed E-state index contributed by atoms with van der Waals surface area (Å²) in [5.41, 5.74) is 3.36. The van der Waals surface area contributed by atoms with Crippen LogP contribution in [0.4, 0.5) is 15.9 Å². The highest BCUT2D eigenvalue weighted by Gasteiger charge is 2.43. The van der Waals surface area contributed by atoms with Gasteiger partial charge < -0.3 is 10.2 Å². The molecule has 5 rings (SSSR count). The van der Waals surface area contributed by atoms with E-state index in [0.29, 0.717) is 17.4 Å². The van der Waals surface area contributed by atoms with Crippen molar-refractivity contribution in [1.82, 2.24) is 9.78 Å². The van der Waals surface area contributed by atoms with Crippen molar-refractivity contribution in [3.63, 3.8) is 0 Å². The Bertz CT molecular complexity index is 1180. The molecule has 2 fully saturated rings. The number of hydrogen-bond acceptors (Lipinski definition) is 5. The molecule has 2 aromatic carbocycles. The van der Waals surface area contributed by atoms with Crippen LogP contribution in [0.1, 0.15) is 12.0 Å². The molecule has 0 saturated carbocycles. The Morgan fingerprint density at radius 2 is 1.97 bits per heavy atom. The SMILES string of the molecule is CNc1cc(-c2ccc(C#N)c(F)c2)n(-c2ccc(N3CC4CC3CS4=O)cc2)n1. The van der Waals surface area contributed by atoms with E-state index in [9.17, 15) is 8.60 Å². The zero-order valence-corrected chi connectivity index (χ0v) is 17.2. The van der Waals surface area contributed by atoms with Gasteiger partial charge in [0.05, 0.1) is 22.2 Å². The van der Waals surface area contributed by atoms with Gasteiger partial charge >= 0.3 is 0 Å². The van der Waals surface area contributed by atoms with Gasteiger partial charge in [-0.3, -0.25) is 4.21 Å². The van der Waals surface area contributed by atoms with E-state index < -0.39 is 16.6 Å². The van der Waals surface area contributed by atoms with Crippen LogP contribution in [0.25, 0.3) is 16.9 Å². The van der Waals surface area contributed by atoms with Crippen LogP contribution in [0.2, 0.25) is 0 Å². The zero-order chi connectivity index (χ0) is 20.8. The lowest BCUT2D eigenvalue weighted by Gasteiger charge is -2.28. The van der Waals surface area contributed by atoms with Gasteiger partial charge in [0.15, 0.2) is 0 Å². The summed E-state index contributed by atoms with van der Waals surface area (Å²) >= 11 is 0. The summed E-state index contributed by atoms with van der Waals surface area (Å²) in [6.07, 6.45) is 1.01. The van der Waals surface area contributed by atoms with Crippen molar-refractivity contribution >= 4 is 22.3 Å². The number of nitriles is 1. The summed E-state index contributed by atoms with van der Waals surface area (Å²) in [6.45, 7) is 0.845. The molecule has 6 nitrogen and oxygen atoms in total. The average Bonchev–Trinajstić information content (AvgIpc) is 3.47. The molecule has 2 aliphatic rings. The van der Waals surface area contributed by atoms with Crippen molar-refractivity contribution in [2.24, 2.45) is 0 Å². The van der Waals surface area contributed by atoms with Gasteiger partial charge in [0.1, 0.15) is 17.7 Å². The molecular weight excluding hydrogens is 401 g/mol. The second-order valence-corrected chi connectivity index (χ2v) is 9.37. The number of benzene rings is 2. The minimum atomic E-state index is -0.680. The van der Waals surface area contributed by atoms with E-state index >= 15 is 0 Å². The lowest BCUT2D eigenvalue weighted by molar-refractivity contribution is 0.624. The van der Waals surface area contributed by atoms with Gasteiger partial charge in [0.2, 0.25) is 0 Å². The van der Waals surface area contributed by atoms with Crippen molar-refractivity contribution < 1.29 is 8.60 Å². The Labute approximate surface area is 176 Å². The van der Waals surface area contributed by atoms with Crippen LogP contribution in [0.3, 0.4) is 0 Å². The van der Waals surface area contributed by atoms with E-state index in [-0.39, 0.29) is 10.8 Å². The van der Waals surface area contributed by atoms with E-state index in [2.05, 4.69) is 27.4 Å². The third-order valence-corrected chi connectivity index (χ3v) is 7.68. The van der Waals surface area contributed by atoms with Gasteiger partial charge in [0.25, 0.3) is 0 Å². The third-order valence-electron chi connectivity index (χ3n) is 5.88. The molecule has 0 amide bonds. The van der Waals surface area contributed by atoms with Gasteiger partial charge in [-0.25, -0.2) is 9.07 Å². The quantitative estimate of drug-likeness (QED) is 0.700. The number of fused-ring (bicyclic) bond motifs is 2. The summed E-state index contributed by atoms with van der Waals surface area (Å²) < 4.78 is 27.9. The highest BCUT2D eigenvalue weighted by atomic mass is 32.2. The van der Waals surface area contributed by atoms with Crippen molar-refractivity contribution in [1.29, 1.82) is 5.26 Å². The first-order chi connectivity index (χ1) is 14.6. The van der Waals surface area contributed by atoms with Crippen molar-refractivity contribution in [3.05, 3.63) is 59.9 Å². The molecule has 1 N–H and O–H groups in total. The molecule has 2 saturated heterocycles. The number of anilines is 2. The van der Waals surface area contributed by atoms with Crippen LogP contribution in [-0.4, -0.2) is 44.6 Å². The van der Waals surface area contributed by atoms with Crippen LogP contribution < -0.4 is 10.2 Å². The van der Waals surface area contributed by atoms with Crippen LogP contribution in [0.5, 0.6) is 0 Å². The van der Waals surface area contributed by atoms with Crippen LogP contribution in [-0.2, 0) is 10.8 Å². The lowest BCUT2D eigenvalue weighted by atomic mass is 10.1. The molecule has 152 valence electrons. The highest BCUT2D eigenvalue weighted by Crippen LogP contribution is 2.35. The van der Waals surface area contributed by atoms with Crippen LogP contribution in [0, 0.1) is 17.1 Å². The summed E-state index contributed by atoms with van der Waals surface area (Å²) in [5, 5.41) is 16.9. The topological polar surface area (TPSA) is 74.0 Å². The normalized spacial score (nSPS) is 22.3. The number of aromatic nitrogens is 2. The fraction of sp³-hybridized carbons (Fsp3) is 0.273. The molecule has 3 aromatic rings. The first-order valence-electron chi connectivity index (χ1n) is 9.79. The molecule has 0 spiro atoms. The first-order valence-corrected chi connectivity index (χ1v) is 11.2. The van der Waals surface area contributed by atoms with Crippen molar-refractivity contribution in [2.45, 2.75) is 17.7 Å². The van der Waals surface area contributed by atoms with Crippen molar-refractivity contribution in [3.8, 4) is 23.0 Å². The van der Waals surface area contributed by atoms with E-state index in [0.717, 1.165) is 35.8 Å². The second kappa shape index (κ2) is 7.26. The maximum atomic E-state index is 14.2. The van der Waals surface area contributed by atoms with Gasteiger partial charge in [-0.15, -0.1) is 5.10 Å². The van der Waals surface area contributed by atoms with E-state index in [1.165, 1.54) is 12.1 Å². The Hall–Kier alpha value is -3.18. The van der Waals surface area contributed by atoms with E-state index in [1.807, 2.05) is 24.3 Å². The predicted molar refractivity (Wildman–Crippen MR) is 116 cm³/mol. The summed E-state index contributed by atoms with van der Waals surface area (Å²) in [4.78, 5) is 2.34. The number of nitrogens with one attached hydrogen (secondary N) is 1. The van der Waals surface area contributed by atoms with Crippen LogP contribution >= 0.6 is 0 Å². The fourth-order valence-electron chi connectivity index (χ4n) is 4.32. The predicted octanol–water partition coefficient (Wildman–Crippen LogP) is 3.30. The number of hydrogen-bond donors (Lipinski definition) is 1. The van der Waals surface area contributed by atoms with Gasteiger partial charge in [-0.1, -0.05) is 6.07 Å². The van der Waals surface area contributed by atoms with Crippen molar-refractivity contribution in [2.75, 3.05) is 29.6 Å². The molecule has 3 atom stereocenters. The molecule has 0 aliphatic carbocycles. The molecule has 0 radical (unpaired) electrons. The maximum absolute atomic E-state index is 14.2. The number of halogens is 1. The van der Waals surface area contributed by atoms with Crippen LogP contribution in [0.15, 0.2) is 48.5 Å². The molecule has 2 bridgehead atoms. The summed E-state index contributed by atoms with van der Waals surface area (Å²) in [7, 11) is 1.10. The Morgan fingerprint density at radius 3 is 2.57 bits per heavy atom. The minimum Gasteiger partial charge on any atom is -0.372 e. The summed E-state index contributed by atoms with van der Waals surface area (Å²) in [5.74, 6) is 0.870. The second-order valence-electron chi connectivity index (χ2n) is 7.61. The van der Waals surface area contributed by atoms with Gasteiger partial charge in [-0.2, -0.15) is 5.26 Å². The molecular formula is C22H20FN5OS. The number of nitrogens with zero attached hydrogens (tertiary/aromatic N) is 4. The Kier molecular flexibility index (Phi) is 4.55. The smallest absolute Gasteiger partial charge is 0.148 e. The molecule has 3 heterocycles. The monoisotopic (exact) mass is 421 g/mol. The Balaban J connectivity index is 1.49. The molecule has 3 unspecified atom stereocenters. The summed E-state index contributed by atoms with van der Waals surface area (Å²) in [6, 6.07) is 16.7. The maximum Gasteiger partial charge on any atom is 0.148 e. The number of rotatable bonds is 4. The molecule has 2 aliphatic heterocycles. The fourth-order valence-corrected chi connectivity index (χ4v) is 6.05. The molecule has 1 aromatic heterocycles. The van der Waals surface area contributed by atoms with Gasteiger partial charge in [0, 0.05) is 53.5 Å². The molecule has 30 heavy (non-hydrogen) atoms. The molecule has 8 heteroatoms. The average molecular weight is 422 g/mol. The lowest BCUT2D eigenvalue weighted by Crippen LogP contribution is -2.38. The van der Waals surface area contributed by atoms with E-state index in [4.69, 9.17) is 5.26 Å². The Morgan fingerprint density at radius 1 is 1.20 bits per heavy atom. The van der Waals surface area contributed by atoms with Gasteiger partial charge in [-0.05, 0) is 42.8 Å². The largest absolute Gasteiger partial charge is 0.372 e. The first kappa shape index (κ1) is 18.8. The zero-order valence-electron chi connectivity index (χ0n) is 16.4.